The van der Waals surface area contributed by atoms with Gasteiger partial charge in [-0.3, -0.25) is 4.52 Å². The number of allylic oxidation sites excluding steroid dienone is 8. The van der Waals surface area contributed by atoms with E-state index in [2.05, 4.69) is 70.4 Å². The summed E-state index contributed by atoms with van der Waals surface area (Å²) < 4.78 is 15.2. The van der Waals surface area contributed by atoms with Crippen molar-refractivity contribution in [3.63, 3.8) is 0 Å². The van der Waals surface area contributed by atoms with Crippen LogP contribution in [0.5, 0.6) is 0 Å². The van der Waals surface area contributed by atoms with Crippen LogP contribution in [-0.2, 0) is 9.09 Å². The lowest BCUT2D eigenvalue weighted by atomic mass is 10.0. The van der Waals surface area contributed by atoms with Crippen LogP contribution in [0, 0.1) is 5.92 Å². The summed E-state index contributed by atoms with van der Waals surface area (Å²) in [5.41, 5.74) is 5.76. The van der Waals surface area contributed by atoms with Gasteiger partial charge in [0.2, 0.25) is 0 Å². The van der Waals surface area contributed by atoms with Gasteiger partial charge >= 0.3 is 7.82 Å². The number of phosphoric ester groups is 1. The molecule has 4 nitrogen and oxygen atoms in total. The Morgan fingerprint density at radius 3 is 1.63 bits per heavy atom. The molecule has 0 aliphatic carbocycles. The first kappa shape index (κ1) is 29.1. The smallest absolute Gasteiger partial charge is 0.303 e. The highest BCUT2D eigenvalue weighted by molar-refractivity contribution is 7.46. The van der Waals surface area contributed by atoms with Crippen molar-refractivity contribution in [3.8, 4) is 0 Å². The quantitative estimate of drug-likeness (QED) is 0.188. The summed E-state index contributed by atoms with van der Waals surface area (Å²) in [6.07, 6.45) is 18.8. The van der Waals surface area contributed by atoms with E-state index in [1.165, 1.54) is 22.3 Å². The lowest BCUT2D eigenvalue weighted by molar-refractivity contribution is 0.185. The van der Waals surface area contributed by atoms with Gasteiger partial charge in [0.15, 0.2) is 0 Å². The fraction of sp³-hybridized carbons (Fsp3) is 0.680. The Morgan fingerprint density at radius 2 is 1.20 bits per heavy atom. The van der Waals surface area contributed by atoms with Crippen LogP contribution in [0.1, 0.15) is 99.3 Å². The van der Waals surface area contributed by atoms with Gasteiger partial charge in [-0.15, -0.1) is 0 Å². The fourth-order valence-electron chi connectivity index (χ4n) is 3.12. The molecule has 1 atom stereocenters. The predicted molar refractivity (Wildman–Crippen MR) is 129 cm³/mol. The average Bonchev–Trinajstić information content (AvgIpc) is 2.60. The molecule has 0 spiro atoms. The molecule has 0 aromatic rings. The molecule has 0 saturated carbocycles. The molecule has 0 saturated heterocycles. The summed E-state index contributed by atoms with van der Waals surface area (Å²) in [5, 5.41) is 0. The molecule has 30 heavy (non-hydrogen) atoms. The van der Waals surface area contributed by atoms with Crippen molar-refractivity contribution in [1.29, 1.82) is 0 Å². The Labute approximate surface area is 185 Å². The number of hydrogen-bond donors (Lipinski definition) is 2. The highest BCUT2D eigenvalue weighted by Gasteiger charge is 2.13. The molecule has 2 N–H and O–H groups in total. The van der Waals surface area contributed by atoms with E-state index in [0.717, 1.165) is 51.4 Å². The fourth-order valence-corrected chi connectivity index (χ4v) is 3.46. The zero-order valence-corrected chi connectivity index (χ0v) is 21.0. The molecule has 1 unspecified atom stereocenters. The summed E-state index contributed by atoms with van der Waals surface area (Å²) in [6.45, 7) is 13.2. The number of phosphoric acid groups is 1. The van der Waals surface area contributed by atoms with E-state index in [4.69, 9.17) is 9.79 Å². The lowest BCUT2D eigenvalue weighted by Gasteiger charge is -2.11. The van der Waals surface area contributed by atoms with Gasteiger partial charge in [0.05, 0.1) is 6.61 Å². The van der Waals surface area contributed by atoms with E-state index < -0.39 is 7.82 Å². The molecule has 0 heterocycles. The predicted octanol–water partition coefficient (Wildman–Crippen LogP) is 8.05. The first-order valence-electron chi connectivity index (χ1n) is 11.3. The van der Waals surface area contributed by atoms with Gasteiger partial charge < -0.3 is 9.79 Å². The number of hydrogen-bond acceptors (Lipinski definition) is 2. The molecule has 0 aliphatic heterocycles. The summed E-state index contributed by atoms with van der Waals surface area (Å²) >= 11 is 0. The van der Waals surface area contributed by atoms with E-state index in [1.807, 2.05) is 0 Å². The van der Waals surface area contributed by atoms with Crippen LogP contribution in [0.25, 0.3) is 0 Å². The van der Waals surface area contributed by atoms with Crippen LogP contribution in [0.2, 0.25) is 0 Å². The standard InChI is InChI=1S/C25H45O4P/c1-21(2)11-7-12-22(3)13-8-14-23(4)15-9-16-24(5)17-10-18-25(6)19-20-29-30(26,27)28/h11,13,15,17,25H,7-10,12,14,16,18-20H2,1-6H3,(H2,26,27,28). The second kappa shape index (κ2) is 16.7. The maximum atomic E-state index is 10.7. The van der Waals surface area contributed by atoms with Crippen molar-refractivity contribution < 1.29 is 18.9 Å². The van der Waals surface area contributed by atoms with Gasteiger partial charge in [-0.05, 0) is 98.3 Å². The van der Waals surface area contributed by atoms with Crippen LogP contribution < -0.4 is 0 Å². The van der Waals surface area contributed by atoms with Gasteiger partial charge in [0.1, 0.15) is 0 Å². The summed E-state index contributed by atoms with van der Waals surface area (Å²) in [6, 6.07) is 0. The largest absolute Gasteiger partial charge is 0.469 e. The van der Waals surface area contributed by atoms with Crippen LogP contribution in [0.15, 0.2) is 46.6 Å². The highest BCUT2D eigenvalue weighted by atomic mass is 31.2. The molecule has 0 aromatic heterocycles. The van der Waals surface area contributed by atoms with Crippen molar-refractivity contribution in [2.75, 3.05) is 6.61 Å². The molecule has 0 rings (SSSR count). The third-order valence-corrected chi connectivity index (χ3v) is 5.70. The Bertz CT molecular complexity index is 634. The minimum atomic E-state index is -4.33. The minimum absolute atomic E-state index is 0.113. The summed E-state index contributed by atoms with van der Waals surface area (Å²) in [4.78, 5) is 17.4. The van der Waals surface area contributed by atoms with E-state index in [1.54, 1.807) is 0 Å². The van der Waals surface area contributed by atoms with Crippen LogP contribution in [0.3, 0.4) is 0 Å². The second-order valence-corrected chi connectivity index (χ2v) is 10.1. The number of rotatable bonds is 16. The van der Waals surface area contributed by atoms with E-state index in [-0.39, 0.29) is 6.61 Å². The van der Waals surface area contributed by atoms with Gasteiger partial charge in [-0.1, -0.05) is 53.5 Å². The third kappa shape index (κ3) is 20.3. The second-order valence-electron chi connectivity index (χ2n) is 8.84. The molecule has 5 heteroatoms. The Morgan fingerprint density at radius 1 is 0.767 bits per heavy atom. The average molecular weight is 441 g/mol. The van der Waals surface area contributed by atoms with Gasteiger partial charge in [0, 0.05) is 0 Å². The maximum Gasteiger partial charge on any atom is 0.469 e. The first-order valence-corrected chi connectivity index (χ1v) is 12.8. The first-order chi connectivity index (χ1) is 14.0. The molecular weight excluding hydrogens is 395 g/mol. The molecular formula is C25H45O4P. The molecule has 0 bridgehead atoms. The lowest BCUT2D eigenvalue weighted by Crippen LogP contribution is -2.00. The van der Waals surface area contributed by atoms with Gasteiger partial charge in [0.25, 0.3) is 0 Å². The molecule has 174 valence electrons. The highest BCUT2D eigenvalue weighted by Crippen LogP contribution is 2.36. The summed E-state index contributed by atoms with van der Waals surface area (Å²) in [5.74, 6) is 0.390. The van der Waals surface area contributed by atoms with Crippen molar-refractivity contribution in [1.82, 2.24) is 0 Å². The zero-order valence-electron chi connectivity index (χ0n) is 20.1. The van der Waals surface area contributed by atoms with Gasteiger partial charge in [-0.25, -0.2) is 4.57 Å². The third-order valence-electron chi connectivity index (χ3n) is 5.18. The Hall–Kier alpha value is -0.930. The van der Waals surface area contributed by atoms with Crippen molar-refractivity contribution >= 4 is 7.82 Å². The molecule has 0 amide bonds. The normalized spacial score (nSPS) is 14.7. The van der Waals surface area contributed by atoms with Gasteiger partial charge in [-0.2, -0.15) is 0 Å². The monoisotopic (exact) mass is 440 g/mol. The molecule has 0 fully saturated rings. The minimum Gasteiger partial charge on any atom is -0.303 e. The molecule has 0 aliphatic rings. The van der Waals surface area contributed by atoms with Crippen molar-refractivity contribution in [2.24, 2.45) is 5.92 Å². The summed E-state index contributed by atoms with van der Waals surface area (Å²) in [7, 11) is -4.33. The zero-order chi connectivity index (χ0) is 23.0. The van der Waals surface area contributed by atoms with E-state index >= 15 is 0 Å². The molecule has 0 aromatic carbocycles. The SMILES string of the molecule is CC(C)=CCCC(C)=CCCC(C)=CCCC(C)=CCCC(C)CCOP(=O)(O)O. The van der Waals surface area contributed by atoms with Crippen LogP contribution >= 0.6 is 7.82 Å². The van der Waals surface area contributed by atoms with Crippen LogP contribution in [0.4, 0.5) is 0 Å². The maximum absolute atomic E-state index is 10.7. The van der Waals surface area contributed by atoms with Crippen molar-refractivity contribution in [3.05, 3.63) is 46.6 Å². The Balaban J connectivity index is 4.00. The van der Waals surface area contributed by atoms with Crippen molar-refractivity contribution in [2.45, 2.75) is 99.3 Å². The topological polar surface area (TPSA) is 66.8 Å². The Kier molecular flexibility index (Phi) is 16.2. The molecule has 0 radical (unpaired) electrons. The van der Waals surface area contributed by atoms with E-state index in [0.29, 0.717) is 12.3 Å². The van der Waals surface area contributed by atoms with Crippen LogP contribution in [-0.4, -0.2) is 16.4 Å². The van der Waals surface area contributed by atoms with E-state index in [9.17, 15) is 4.57 Å².